The van der Waals surface area contributed by atoms with Crippen LogP contribution in [0.15, 0.2) is 30.3 Å². The number of fused-ring (bicyclic) bond motifs is 7. The van der Waals surface area contributed by atoms with Gasteiger partial charge in [0.15, 0.2) is 0 Å². The van der Waals surface area contributed by atoms with E-state index >= 15 is 0 Å². The lowest BCUT2D eigenvalue weighted by Gasteiger charge is -2.68. The van der Waals surface area contributed by atoms with E-state index in [1.54, 1.807) is 12.1 Å². The quantitative estimate of drug-likeness (QED) is 0.338. The average molecular weight is 635 g/mol. The molecule has 5 heteroatoms. The molecule has 1 aromatic rings. The fourth-order valence-electron chi connectivity index (χ4n) is 12.0. The van der Waals surface area contributed by atoms with E-state index in [-0.39, 0.29) is 22.2 Å². The lowest BCUT2D eigenvalue weighted by molar-refractivity contribution is -0.180. The Labute approximate surface area is 281 Å². The minimum atomic E-state index is -0.869. The van der Waals surface area contributed by atoms with Crippen molar-refractivity contribution in [3.8, 4) is 0 Å². The molecule has 5 aliphatic carbocycles. The highest BCUT2D eigenvalue weighted by atomic mass is 16.4. The minimum absolute atomic E-state index is 0.0144. The van der Waals surface area contributed by atoms with Gasteiger partial charge in [0.2, 0.25) is 5.91 Å². The zero-order valence-corrected chi connectivity index (χ0v) is 30.8. The lowest BCUT2D eigenvalue weighted by atomic mass is 9.36. The van der Waals surface area contributed by atoms with Crippen molar-refractivity contribution in [3.05, 3.63) is 41.5 Å². The molecule has 0 radical (unpaired) electrons. The Kier molecular flexibility index (Phi) is 11.3. The van der Waals surface area contributed by atoms with Gasteiger partial charge in [-0.25, -0.2) is 4.79 Å². The van der Waals surface area contributed by atoms with Crippen LogP contribution in [0.3, 0.4) is 0 Å². The highest BCUT2D eigenvalue weighted by molar-refractivity contribution is 5.88. The standard InChI is InChI=1S/C33H45NO3.C5H13N.C3H8/c1-30(2)23(20-7-9-21(10-8-20)28(35)36)13-17-32(4)26(30)15-18-31(3)24-14-19-33(29(34)37)16-5-6-25(33)22(24)11-12-27(31)32;1-4-5-6(2)3;1-3-2/h7-10,13,22,24-27H,5-6,11-12,14-19H2,1-4H3,(H2,34,37)(H,35,36);4-5H2,1-3H3;3H2,1-2H3/t22?,24?,25?,26?,27?,31?,32?,33-;;/m0../s1. The van der Waals surface area contributed by atoms with Gasteiger partial charge in [0.25, 0.3) is 0 Å². The Morgan fingerprint density at radius 1 is 0.848 bits per heavy atom. The summed E-state index contributed by atoms with van der Waals surface area (Å²) in [5.74, 6) is 2.32. The molecule has 0 aromatic heterocycles. The predicted molar refractivity (Wildman–Crippen MR) is 191 cm³/mol. The Morgan fingerprint density at radius 2 is 1.50 bits per heavy atom. The van der Waals surface area contributed by atoms with Gasteiger partial charge in [0.05, 0.1) is 11.0 Å². The third-order valence-electron chi connectivity index (χ3n) is 13.7. The molecule has 258 valence electrons. The topological polar surface area (TPSA) is 83.6 Å². The van der Waals surface area contributed by atoms with E-state index in [1.165, 1.54) is 75.5 Å². The number of carboxylic acids is 1. The third kappa shape index (κ3) is 6.36. The molecule has 0 heterocycles. The maximum Gasteiger partial charge on any atom is 0.335 e. The number of amides is 1. The van der Waals surface area contributed by atoms with Crippen molar-refractivity contribution in [3.63, 3.8) is 0 Å². The molecule has 1 amide bonds. The van der Waals surface area contributed by atoms with Crippen LogP contribution in [0.2, 0.25) is 0 Å². The number of hydrogen-bond acceptors (Lipinski definition) is 3. The molecule has 5 aliphatic rings. The van der Waals surface area contributed by atoms with E-state index < -0.39 is 5.97 Å². The number of benzene rings is 1. The van der Waals surface area contributed by atoms with Gasteiger partial charge in [0.1, 0.15) is 0 Å². The number of nitrogens with zero attached hydrogens (tertiary/aromatic N) is 1. The van der Waals surface area contributed by atoms with E-state index in [0.717, 1.165) is 25.2 Å². The largest absolute Gasteiger partial charge is 0.478 e. The first-order valence-electron chi connectivity index (χ1n) is 18.6. The van der Waals surface area contributed by atoms with Gasteiger partial charge in [-0.1, -0.05) is 79.5 Å². The van der Waals surface area contributed by atoms with Crippen molar-refractivity contribution in [1.82, 2.24) is 4.90 Å². The van der Waals surface area contributed by atoms with Crippen LogP contribution in [0.4, 0.5) is 0 Å². The summed E-state index contributed by atoms with van der Waals surface area (Å²) < 4.78 is 0. The van der Waals surface area contributed by atoms with Gasteiger partial charge in [-0.2, -0.15) is 0 Å². The zero-order valence-electron chi connectivity index (χ0n) is 30.8. The first kappa shape index (κ1) is 36.7. The zero-order chi connectivity index (χ0) is 34.1. The number of carbonyl (C=O) groups excluding carboxylic acids is 1. The molecular weight excluding hydrogens is 568 g/mol. The first-order chi connectivity index (χ1) is 21.6. The van der Waals surface area contributed by atoms with Gasteiger partial charge in [-0.15, -0.1) is 0 Å². The molecule has 3 N–H and O–H groups in total. The number of carbonyl (C=O) groups is 2. The fraction of sp³-hybridized carbons (Fsp3) is 0.756. The van der Waals surface area contributed by atoms with Crippen LogP contribution in [0.5, 0.6) is 0 Å². The smallest absolute Gasteiger partial charge is 0.335 e. The second kappa shape index (κ2) is 14.1. The summed E-state index contributed by atoms with van der Waals surface area (Å²) in [6.45, 7) is 17.7. The van der Waals surface area contributed by atoms with Gasteiger partial charge < -0.3 is 15.7 Å². The predicted octanol–water partition coefficient (Wildman–Crippen LogP) is 9.70. The summed E-state index contributed by atoms with van der Waals surface area (Å²) in [4.78, 5) is 26.3. The van der Waals surface area contributed by atoms with Crippen LogP contribution in [-0.2, 0) is 4.79 Å². The van der Waals surface area contributed by atoms with Crippen molar-refractivity contribution in [1.29, 1.82) is 0 Å². The van der Waals surface area contributed by atoms with E-state index in [4.69, 9.17) is 5.73 Å². The number of primary amides is 1. The highest BCUT2D eigenvalue weighted by Gasteiger charge is 2.66. The summed E-state index contributed by atoms with van der Waals surface area (Å²) in [5.41, 5.74) is 9.41. The monoisotopic (exact) mass is 635 g/mol. The molecule has 7 unspecified atom stereocenters. The second-order valence-corrected chi connectivity index (χ2v) is 17.0. The molecule has 0 aliphatic heterocycles. The van der Waals surface area contributed by atoms with Crippen LogP contribution >= 0.6 is 0 Å². The third-order valence-corrected chi connectivity index (χ3v) is 13.7. The number of nitrogens with two attached hydrogens (primary N) is 1. The maximum atomic E-state index is 12.7. The maximum absolute atomic E-state index is 12.7. The summed E-state index contributed by atoms with van der Waals surface area (Å²) in [7, 11) is 4.17. The SMILES string of the molecule is CC1(C)C(c2ccc(C(=O)O)cc2)=CCC2(C)C1CCC1(C)C3CC[C@@]4(C(N)=O)CCCC4C3CCC12.CCC.CCCN(C)C. The van der Waals surface area contributed by atoms with E-state index in [2.05, 4.69) is 73.5 Å². The molecule has 0 bridgehead atoms. The highest BCUT2D eigenvalue weighted by Crippen LogP contribution is 2.73. The Morgan fingerprint density at radius 3 is 2.04 bits per heavy atom. The summed E-state index contributed by atoms with van der Waals surface area (Å²) >= 11 is 0. The van der Waals surface area contributed by atoms with Crippen LogP contribution in [0.25, 0.3) is 5.57 Å². The molecule has 4 fully saturated rings. The molecule has 4 saturated carbocycles. The van der Waals surface area contributed by atoms with Gasteiger partial charge in [-0.05, 0) is 154 Å². The molecule has 5 nitrogen and oxygen atoms in total. The van der Waals surface area contributed by atoms with Crippen LogP contribution in [0.1, 0.15) is 141 Å². The fourth-order valence-corrected chi connectivity index (χ4v) is 12.0. The van der Waals surface area contributed by atoms with Crippen molar-refractivity contribution in [2.75, 3.05) is 20.6 Å². The molecular formula is C41H66N2O3. The normalized spacial score (nSPS) is 37.1. The first-order valence-corrected chi connectivity index (χ1v) is 18.6. The molecule has 46 heavy (non-hydrogen) atoms. The minimum Gasteiger partial charge on any atom is -0.478 e. The molecule has 6 rings (SSSR count). The summed E-state index contributed by atoms with van der Waals surface area (Å²) in [6.07, 6.45) is 16.8. The number of aromatic carboxylic acids is 1. The van der Waals surface area contributed by atoms with Crippen LogP contribution < -0.4 is 5.73 Å². The summed E-state index contributed by atoms with van der Waals surface area (Å²) in [5, 5.41) is 9.35. The van der Waals surface area contributed by atoms with Gasteiger partial charge in [-0.3, -0.25) is 4.79 Å². The number of allylic oxidation sites excluding steroid dienone is 2. The Hall–Kier alpha value is -2.14. The molecule has 8 atom stereocenters. The Balaban J connectivity index is 0.000000474. The number of carboxylic acid groups (broad SMARTS) is 1. The lowest BCUT2D eigenvalue weighted by Crippen LogP contribution is -2.61. The number of hydrogen-bond donors (Lipinski definition) is 2. The van der Waals surface area contributed by atoms with E-state index in [9.17, 15) is 14.7 Å². The van der Waals surface area contributed by atoms with Crippen LogP contribution in [-0.4, -0.2) is 42.5 Å². The summed E-state index contributed by atoms with van der Waals surface area (Å²) in [6, 6.07) is 7.51. The van der Waals surface area contributed by atoms with E-state index in [0.29, 0.717) is 34.7 Å². The van der Waals surface area contributed by atoms with Gasteiger partial charge in [0, 0.05) is 0 Å². The molecule has 1 aromatic carbocycles. The van der Waals surface area contributed by atoms with Crippen molar-refractivity contribution >= 4 is 17.4 Å². The molecule has 0 spiro atoms. The second-order valence-electron chi connectivity index (χ2n) is 17.0. The van der Waals surface area contributed by atoms with Crippen molar-refractivity contribution in [2.45, 2.75) is 126 Å². The average Bonchev–Trinajstić information content (AvgIpc) is 3.44. The van der Waals surface area contributed by atoms with Gasteiger partial charge >= 0.3 is 5.97 Å². The van der Waals surface area contributed by atoms with Crippen LogP contribution in [0, 0.1) is 51.2 Å². The molecule has 0 saturated heterocycles. The Bertz CT molecular complexity index is 1250. The van der Waals surface area contributed by atoms with Crippen molar-refractivity contribution < 1.29 is 14.7 Å². The number of rotatable bonds is 5. The van der Waals surface area contributed by atoms with Crippen molar-refractivity contribution in [2.24, 2.45) is 57.0 Å². The van der Waals surface area contributed by atoms with E-state index in [1.807, 2.05) is 12.1 Å².